The van der Waals surface area contributed by atoms with Gasteiger partial charge in [-0.15, -0.1) is 22.7 Å². The first-order valence-corrected chi connectivity index (χ1v) is 8.01. The van der Waals surface area contributed by atoms with Crippen LogP contribution in [0, 0.1) is 5.41 Å². The molecule has 18 heavy (non-hydrogen) atoms. The summed E-state index contributed by atoms with van der Waals surface area (Å²) in [5, 5.41) is 5.25. The SMILES string of the molecule is CC1(C)CCC(NC(=O)c2cc3sccc3s2)C1. The normalized spacial score (nSPS) is 22.4. The first kappa shape index (κ1) is 12.2. The lowest BCUT2D eigenvalue weighted by atomic mass is 9.92. The highest BCUT2D eigenvalue weighted by atomic mass is 32.1. The molecule has 1 fully saturated rings. The maximum atomic E-state index is 12.2. The number of carbonyl (C=O) groups excluding carboxylic acids is 1. The third kappa shape index (κ3) is 2.31. The van der Waals surface area contributed by atoms with Crippen molar-refractivity contribution in [3.8, 4) is 0 Å². The molecule has 96 valence electrons. The number of rotatable bonds is 2. The maximum absolute atomic E-state index is 12.2. The van der Waals surface area contributed by atoms with Crippen LogP contribution in [0.3, 0.4) is 0 Å². The molecule has 0 saturated heterocycles. The van der Waals surface area contributed by atoms with E-state index in [1.54, 1.807) is 22.7 Å². The lowest BCUT2D eigenvalue weighted by Crippen LogP contribution is -2.32. The van der Waals surface area contributed by atoms with Crippen molar-refractivity contribution in [2.24, 2.45) is 5.41 Å². The van der Waals surface area contributed by atoms with Crippen molar-refractivity contribution in [2.75, 3.05) is 0 Å². The van der Waals surface area contributed by atoms with Gasteiger partial charge >= 0.3 is 0 Å². The van der Waals surface area contributed by atoms with E-state index in [-0.39, 0.29) is 5.91 Å². The van der Waals surface area contributed by atoms with Crippen LogP contribution in [0.5, 0.6) is 0 Å². The lowest BCUT2D eigenvalue weighted by molar-refractivity contribution is 0.0940. The highest BCUT2D eigenvalue weighted by Crippen LogP contribution is 2.37. The van der Waals surface area contributed by atoms with E-state index < -0.39 is 0 Å². The van der Waals surface area contributed by atoms with Crippen molar-refractivity contribution < 1.29 is 4.79 Å². The molecule has 1 aliphatic rings. The second-order valence-electron chi connectivity index (χ2n) is 5.84. The zero-order valence-electron chi connectivity index (χ0n) is 10.7. The van der Waals surface area contributed by atoms with Crippen molar-refractivity contribution in [2.45, 2.75) is 39.2 Å². The fourth-order valence-electron chi connectivity index (χ4n) is 2.69. The summed E-state index contributed by atoms with van der Waals surface area (Å²) in [5.74, 6) is 0.103. The predicted molar refractivity (Wildman–Crippen MR) is 78.6 cm³/mol. The second kappa shape index (κ2) is 4.35. The van der Waals surface area contributed by atoms with E-state index in [0.29, 0.717) is 11.5 Å². The average molecular weight is 279 g/mol. The highest BCUT2D eigenvalue weighted by Gasteiger charge is 2.31. The van der Waals surface area contributed by atoms with Gasteiger partial charge in [0.05, 0.1) is 4.88 Å². The Morgan fingerprint density at radius 3 is 2.94 bits per heavy atom. The third-order valence-corrected chi connectivity index (χ3v) is 5.76. The van der Waals surface area contributed by atoms with Gasteiger partial charge in [-0.1, -0.05) is 13.8 Å². The zero-order chi connectivity index (χ0) is 12.8. The van der Waals surface area contributed by atoms with E-state index >= 15 is 0 Å². The topological polar surface area (TPSA) is 29.1 Å². The summed E-state index contributed by atoms with van der Waals surface area (Å²) >= 11 is 3.29. The summed E-state index contributed by atoms with van der Waals surface area (Å²) in [6.45, 7) is 4.56. The van der Waals surface area contributed by atoms with E-state index in [4.69, 9.17) is 0 Å². The summed E-state index contributed by atoms with van der Waals surface area (Å²) in [5.41, 5.74) is 0.383. The highest BCUT2D eigenvalue weighted by molar-refractivity contribution is 7.27. The van der Waals surface area contributed by atoms with Gasteiger partial charge in [-0.3, -0.25) is 4.79 Å². The molecule has 1 amide bonds. The molecule has 4 heteroatoms. The third-order valence-electron chi connectivity index (χ3n) is 3.67. The lowest BCUT2D eigenvalue weighted by Gasteiger charge is -2.17. The van der Waals surface area contributed by atoms with Crippen LogP contribution in [0.1, 0.15) is 42.8 Å². The number of nitrogens with one attached hydrogen (secondary N) is 1. The van der Waals surface area contributed by atoms with E-state index in [2.05, 4.69) is 30.6 Å². The fraction of sp³-hybridized carbons (Fsp3) is 0.500. The van der Waals surface area contributed by atoms with Gasteiger partial charge in [0.1, 0.15) is 0 Å². The van der Waals surface area contributed by atoms with Crippen molar-refractivity contribution in [1.29, 1.82) is 0 Å². The molecule has 0 radical (unpaired) electrons. The van der Waals surface area contributed by atoms with Gasteiger partial charge in [0.15, 0.2) is 0 Å². The van der Waals surface area contributed by atoms with Crippen LogP contribution in [0.4, 0.5) is 0 Å². The standard InChI is InChI=1S/C14H17NOS2/c1-14(2)5-3-9(8-14)15-13(16)12-7-11-10(18-12)4-6-17-11/h4,6-7,9H,3,5,8H2,1-2H3,(H,15,16). The Hall–Kier alpha value is -0.870. The molecule has 1 N–H and O–H groups in total. The number of hydrogen-bond acceptors (Lipinski definition) is 3. The van der Waals surface area contributed by atoms with Gasteiger partial charge in [-0.05, 0) is 42.2 Å². The summed E-state index contributed by atoms with van der Waals surface area (Å²) in [6.07, 6.45) is 3.41. The Bertz CT molecular complexity index is 553. The van der Waals surface area contributed by atoms with Crippen LogP contribution in [-0.2, 0) is 0 Å². The molecular weight excluding hydrogens is 262 g/mol. The van der Waals surface area contributed by atoms with Gasteiger partial charge < -0.3 is 5.32 Å². The van der Waals surface area contributed by atoms with Gasteiger partial charge in [0.25, 0.3) is 5.91 Å². The first-order valence-electron chi connectivity index (χ1n) is 6.31. The molecule has 1 aliphatic carbocycles. The molecule has 1 atom stereocenters. The Kier molecular flexibility index (Phi) is 2.94. The molecule has 0 aromatic carbocycles. The molecule has 3 rings (SSSR count). The molecule has 2 nitrogen and oxygen atoms in total. The molecule has 0 aliphatic heterocycles. The number of hydrogen-bond donors (Lipinski definition) is 1. The summed E-state index contributed by atoms with van der Waals surface area (Å²) in [4.78, 5) is 13.0. The molecule has 2 aromatic rings. The van der Waals surface area contributed by atoms with E-state index in [1.807, 2.05) is 6.07 Å². The van der Waals surface area contributed by atoms with Crippen molar-refractivity contribution in [3.63, 3.8) is 0 Å². The summed E-state index contributed by atoms with van der Waals surface area (Å²) in [7, 11) is 0. The van der Waals surface area contributed by atoms with Crippen LogP contribution >= 0.6 is 22.7 Å². The number of carbonyl (C=O) groups is 1. The molecule has 0 bridgehead atoms. The van der Waals surface area contributed by atoms with Crippen molar-refractivity contribution in [3.05, 3.63) is 22.4 Å². The Balaban J connectivity index is 1.70. The zero-order valence-corrected chi connectivity index (χ0v) is 12.3. The number of thiophene rings is 2. The van der Waals surface area contributed by atoms with Gasteiger partial charge in [0, 0.05) is 15.4 Å². The minimum Gasteiger partial charge on any atom is -0.349 e. The number of amides is 1. The fourth-order valence-corrected chi connectivity index (χ4v) is 4.71. The molecule has 1 unspecified atom stereocenters. The quantitative estimate of drug-likeness (QED) is 0.874. The largest absolute Gasteiger partial charge is 0.349 e. The summed E-state index contributed by atoms with van der Waals surface area (Å²) in [6, 6.07) is 4.45. The average Bonchev–Trinajstić information content (AvgIpc) is 2.91. The second-order valence-corrected chi connectivity index (χ2v) is 7.87. The van der Waals surface area contributed by atoms with E-state index in [1.165, 1.54) is 15.8 Å². The number of fused-ring (bicyclic) bond motifs is 1. The Morgan fingerprint density at radius 1 is 1.44 bits per heavy atom. The molecule has 2 heterocycles. The molecule has 1 saturated carbocycles. The molecule has 0 spiro atoms. The van der Waals surface area contributed by atoms with Crippen LogP contribution in [-0.4, -0.2) is 11.9 Å². The van der Waals surface area contributed by atoms with Gasteiger partial charge in [-0.2, -0.15) is 0 Å². The Morgan fingerprint density at radius 2 is 2.28 bits per heavy atom. The van der Waals surface area contributed by atoms with Crippen LogP contribution in [0.25, 0.3) is 9.40 Å². The maximum Gasteiger partial charge on any atom is 0.261 e. The van der Waals surface area contributed by atoms with Crippen LogP contribution in [0.15, 0.2) is 17.5 Å². The minimum atomic E-state index is 0.103. The Labute approximate surface area is 115 Å². The van der Waals surface area contributed by atoms with Crippen LogP contribution in [0.2, 0.25) is 0 Å². The van der Waals surface area contributed by atoms with Gasteiger partial charge in [0.2, 0.25) is 0 Å². The minimum absolute atomic E-state index is 0.103. The monoisotopic (exact) mass is 279 g/mol. The molecular formula is C14H17NOS2. The van der Waals surface area contributed by atoms with E-state index in [0.717, 1.165) is 17.7 Å². The van der Waals surface area contributed by atoms with Crippen molar-refractivity contribution in [1.82, 2.24) is 5.32 Å². The van der Waals surface area contributed by atoms with Crippen molar-refractivity contribution >= 4 is 38.0 Å². The molecule has 2 aromatic heterocycles. The predicted octanol–water partition coefficient (Wildman–Crippen LogP) is 4.27. The summed E-state index contributed by atoms with van der Waals surface area (Å²) < 4.78 is 2.44. The first-order chi connectivity index (χ1) is 8.53. The van der Waals surface area contributed by atoms with Gasteiger partial charge in [-0.25, -0.2) is 0 Å². The van der Waals surface area contributed by atoms with Crippen LogP contribution < -0.4 is 5.32 Å². The smallest absolute Gasteiger partial charge is 0.261 e. The van der Waals surface area contributed by atoms with E-state index in [9.17, 15) is 4.79 Å².